The third-order valence-electron chi connectivity index (χ3n) is 4.59. The van der Waals surface area contributed by atoms with Crippen LogP contribution in [0.1, 0.15) is 67.8 Å². The third-order valence-corrected chi connectivity index (χ3v) is 4.59. The summed E-state index contributed by atoms with van der Waals surface area (Å²) in [6.45, 7) is 4.74. The topological polar surface area (TPSA) is 58.6 Å². The molecule has 0 aliphatic heterocycles. The fraction of sp³-hybridized carbons (Fsp3) is 0.435. The number of nitrogens with one attached hydrogen (secondary N) is 1. The van der Waals surface area contributed by atoms with E-state index >= 15 is 0 Å². The molecule has 1 amide bonds. The summed E-state index contributed by atoms with van der Waals surface area (Å²) in [6.07, 6.45) is 8.82. The molecule has 2 aromatic carbocycles. The van der Waals surface area contributed by atoms with E-state index in [1.165, 1.54) is 38.5 Å². The quantitative estimate of drug-likeness (QED) is 0.372. The Morgan fingerprint density at radius 2 is 1.63 bits per heavy atom. The van der Waals surface area contributed by atoms with Crippen LogP contribution < -0.4 is 10.1 Å². The predicted octanol–water partition coefficient (Wildman–Crippen LogP) is 6.08. The van der Waals surface area contributed by atoms with Crippen molar-refractivity contribution in [3.05, 3.63) is 53.6 Å². The Kier molecular flexibility index (Phi) is 8.69. The fourth-order valence-corrected chi connectivity index (χ4v) is 2.89. The van der Waals surface area contributed by atoms with E-state index in [-0.39, 0.29) is 11.7 Å². The lowest BCUT2D eigenvalue weighted by molar-refractivity contribution is 0.102. The van der Waals surface area contributed by atoms with Crippen LogP contribution in [-0.4, -0.2) is 17.6 Å². The monoisotopic (exact) mass is 369 g/mol. The molecular weight excluding hydrogens is 338 g/mol. The van der Waals surface area contributed by atoms with Gasteiger partial charge in [-0.1, -0.05) is 45.4 Å². The molecule has 0 aliphatic rings. The second-order valence-corrected chi connectivity index (χ2v) is 6.95. The number of unbranched alkanes of at least 4 members (excludes halogenated alkanes) is 6. The van der Waals surface area contributed by atoms with Gasteiger partial charge in [0.05, 0.1) is 6.61 Å². The third kappa shape index (κ3) is 7.33. The van der Waals surface area contributed by atoms with Crippen LogP contribution in [0.4, 0.5) is 5.69 Å². The zero-order chi connectivity index (χ0) is 19.5. The minimum atomic E-state index is -0.182. The number of ether oxygens (including phenoxy) is 1. The van der Waals surface area contributed by atoms with Gasteiger partial charge in [-0.2, -0.15) is 0 Å². The number of phenols is 1. The number of hydrogen-bond acceptors (Lipinski definition) is 3. The van der Waals surface area contributed by atoms with Gasteiger partial charge in [-0.25, -0.2) is 0 Å². The van der Waals surface area contributed by atoms with E-state index in [2.05, 4.69) is 12.2 Å². The minimum absolute atomic E-state index is 0.182. The number of rotatable bonds is 11. The predicted molar refractivity (Wildman–Crippen MR) is 111 cm³/mol. The summed E-state index contributed by atoms with van der Waals surface area (Å²) < 4.78 is 5.76. The summed E-state index contributed by atoms with van der Waals surface area (Å²) in [7, 11) is 0. The fourth-order valence-electron chi connectivity index (χ4n) is 2.89. The summed E-state index contributed by atoms with van der Waals surface area (Å²) >= 11 is 0. The molecule has 0 spiro atoms. The first kappa shape index (κ1) is 20.8. The molecule has 27 heavy (non-hydrogen) atoms. The standard InChI is InChI=1S/C23H31NO3/c1-3-4-5-6-7-8-9-16-27-21-13-10-19(11-14-21)23(26)24-20-12-15-22(25)18(2)17-20/h10-15,17,25H,3-9,16H2,1-2H3,(H,24,26). The van der Waals surface area contributed by atoms with Crippen molar-refractivity contribution in [1.29, 1.82) is 0 Å². The maximum atomic E-state index is 12.3. The van der Waals surface area contributed by atoms with Gasteiger partial charge in [-0.15, -0.1) is 0 Å². The van der Waals surface area contributed by atoms with Crippen molar-refractivity contribution in [2.75, 3.05) is 11.9 Å². The van der Waals surface area contributed by atoms with Crippen molar-refractivity contribution >= 4 is 11.6 Å². The van der Waals surface area contributed by atoms with Crippen LogP contribution in [0.25, 0.3) is 0 Å². The van der Waals surface area contributed by atoms with Gasteiger partial charge in [-0.3, -0.25) is 4.79 Å². The average molecular weight is 370 g/mol. The normalized spacial score (nSPS) is 10.6. The van der Waals surface area contributed by atoms with Gasteiger partial charge in [-0.05, 0) is 61.4 Å². The van der Waals surface area contributed by atoms with Crippen molar-refractivity contribution < 1.29 is 14.6 Å². The maximum Gasteiger partial charge on any atom is 0.255 e. The second kappa shape index (κ2) is 11.3. The highest BCUT2D eigenvalue weighted by Gasteiger charge is 2.07. The first-order chi connectivity index (χ1) is 13.1. The average Bonchev–Trinajstić information content (AvgIpc) is 2.67. The second-order valence-electron chi connectivity index (χ2n) is 6.95. The van der Waals surface area contributed by atoms with Crippen LogP contribution in [0.5, 0.6) is 11.5 Å². The number of carbonyl (C=O) groups is 1. The lowest BCUT2D eigenvalue weighted by atomic mass is 10.1. The Bertz CT molecular complexity index is 710. The molecule has 4 heteroatoms. The molecule has 0 radical (unpaired) electrons. The number of aryl methyl sites for hydroxylation is 1. The molecule has 0 saturated carbocycles. The summed E-state index contributed by atoms with van der Waals surface area (Å²) in [6, 6.07) is 12.2. The summed E-state index contributed by atoms with van der Waals surface area (Å²) in [5.41, 5.74) is 1.96. The largest absolute Gasteiger partial charge is 0.508 e. The number of anilines is 1. The molecule has 0 atom stereocenters. The van der Waals surface area contributed by atoms with Crippen molar-refractivity contribution in [1.82, 2.24) is 0 Å². The highest BCUT2D eigenvalue weighted by atomic mass is 16.5. The maximum absolute atomic E-state index is 12.3. The number of aromatic hydroxyl groups is 1. The van der Waals surface area contributed by atoms with Gasteiger partial charge in [0.15, 0.2) is 0 Å². The zero-order valence-electron chi connectivity index (χ0n) is 16.5. The molecule has 2 N–H and O–H groups in total. The minimum Gasteiger partial charge on any atom is -0.508 e. The molecule has 0 aromatic heterocycles. The van der Waals surface area contributed by atoms with E-state index in [9.17, 15) is 9.90 Å². The van der Waals surface area contributed by atoms with Crippen LogP contribution in [0.2, 0.25) is 0 Å². The van der Waals surface area contributed by atoms with Crippen molar-refractivity contribution in [3.8, 4) is 11.5 Å². The Labute approximate surface area is 162 Å². The van der Waals surface area contributed by atoms with Crippen LogP contribution in [0.15, 0.2) is 42.5 Å². The van der Waals surface area contributed by atoms with Crippen LogP contribution >= 0.6 is 0 Å². The number of hydrogen-bond donors (Lipinski definition) is 2. The number of carbonyl (C=O) groups excluding carboxylic acids is 1. The van der Waals surface area contributed by atoms with Gasteiger partial charge >= 0.3 is 0 Å². The summed E-state index contributed by atoms with van der Waals surface area (Å²) in [4.78, 5) is 12.3. The number of phenolic OH excluding ortho intramolecular Hbond substituents is 1. The highest BCUT2D eigenvalue weighted by Crippen LogP contribution is 2.21. The van der Waals surface area contributed by atoms with Gasteiger partial charge < -0.3 is 15.2 Å². The van der Waals surface area contributed by atoms with E-state index in [0.29, 0.717) is 17.9 Å². The lowest BCUT2D eigenvalue weighted by Gasteiger charge is -2.09. The smallest absolute Gasteiger partial charge is 0.255 e. The molecule has 146 valence electrons. The lowest BCUT2D eigenvalue weighted by Crippen LogP contribution is -2.11. The molecule has 0 unspecified atom stereocenters. The van der Waals surface area contributed by atoms with E-state index in [1.54, 1.807) is 37.3 Å². The molecule has 0 bridgehead atoms. The molecule has 0 saturated heterocycles. The molecule has 2 aromatic rings. The van der Waals surface area contributed by atoms with E-state index in [1.807, 2.05) is 12.1 Å². The molecular formula is C23H31NO3. The molecule has 0 fully saturated rings. The Morgan fingerprint density at radius 3 is 2.30 bits per heavy atom. The van der Waals surface area contributed by atoms with Crippen LogP contribution in [-0.2, 0) is 0 Å². The van der Waals surface area contributed by atoms with Crippen molar-refractivity contribution in [3.63, 3.8) is 0 Å². The van der Waals surface area contributed by atoms with Gasteiger partial charge in [0.2, 0.25) is 0 Å². The van der Waals surface area contributed by atoms with E-state index < -0.39 is 0 Å². The van der Waals surface area contributed by atoms with Crippen LogP contribution in [0.3, 0.4) is 0 Å². The summed E-state index contributed by atoms with van der Waals surface area (Å²) in [5.74, 6) is 0.826. The van der Waals surface area contributed by atoms with Gasteiger partial charge in [0, 0.05) is 11.3 Å². The van der Waals surface area contributed by atoms with Crippen LogP contribution in [0, 0.1) is 6.92 Å². The van der Waals surface area contributed by atoms with E-state index in [4.69, 9.17) is 4.74 Å². The Morgan fingerprint density at radius 1 is 0.963 bits per heavy atom. The number of amides is 1. The first-order valence-corrected chi connectivity index (χ1v) is 9.94. The molecule has 4 nitrogen and oxygen atoms in total. The van der Waals surface area contributed by atoms with Gasteiger partial charge in [0.1, 0.15) is 11.5 Å². The van der Waals surface area contributed by atoms with Gasteiger partial charge in [0.25, 0.3) is 5.91 Å². The summed E-state index contributed by atoms with van der Waals surface area (Å²) in [5, 5.41) is 12.4. The number of benzene rings is 2. The van der Waals surface area contributed by atoms with Crippen molar-refractivity contribution in [2.45, 2.75) is 58.8 Å². The first-order valence-electron chi connectivity index (χ1n) is 9.94. The zero-order valence-corrected chi connectivity index (χ0v) is 16.5. The Balaban J connectivity index is 1.72. The molecule has 0 aliphatic carbocycles. The SMILES string of the molecule is CCCCCCCCCOc1ccc(C(=O)Nc2ccc(O)c(C)c2)cc1. The highest BCUT2D eigenvalue weighted by molar-refractivity contribution is 6.04. The van der Waals surface area contributed by atoms with Crippen molar-refractivity contribution in [2.24, 2.45) is 0 Å². The van der Waals surface area contributed by atoms with E-state index in [0.717, 1.165) is 17.7 Å². The Hall–Kier alpha value is -2.49. The molecule has 0 heterocycles. The molecule has 2 rings (SSSR count).